The molecule has 2 aliphatic heterocycles. The lowest BCUT2D eigenvalue weighted by Gasteiger charge is -2.27. The van der Waals surface area contributed by atoms with Crippen molar-refractivity contribution in [3.8, 4) is 34.2 Å². The standard InChI is InChI=1S/C45H54N6O11S/c1-5-48(6-2)29-18-20-33-37(26-29)61-38-27-30(49(7-3)8-4)19-21-34(38)42(33)31-14-9-10-15-32(31)45(57)50-25-13-16-36(50)44(56)47-35(28-63(58,59)60)43(55)46-24-12-11-17-41(54)62-51-39(52)22-23-40(51)53/h9-10,14-15,18-23,26-27,35-36H,5-8,11-13,16-17,24-25,28H2,1-4H3,(H4,46,47,55,56,57,58,59,60)/p+1. The van der Waals surface area contributed by atoms with Crippen LogP contribution in [0.4, 0.5) is 5.69 Å². The van der Waals surface area contributed by atoms with Crippen molar-refractivity contribution >= 4 is 50.5 Å². The highest BCUT2D eigenvalue weighted by Gasteiger charge is 2.38. The quantitative estimate of drug-likeness (QED) is 0.0365. The molecule has 3 aliphatic rings. The molecule has 1 aliphatic carbocycles. The van der Waals surface area contributed by atoms with E-state index in [2.05, 4.69) is 47.8 Å². The minimum Gasteiger partial charge on any atom is -0.492 e. The first-order valence-electron chi connectivity index (χ1n) is 21.3. The number of unbranched alkanes of at least 4 members (excludes halogenated alkanes) is 1. The number of aromatic nitrogens is 1. The Morgan fingerprint density at radius 3 is 2.32 bits per heavy atom. The molecule has 0 radical (unpaired) electrons. The number of nitrogens with zero attached hydrogens (tertiary/aromatic N) is 4. The number of benzene rings is 3. The van der Waals surface area contributed by atoms with Crippen LogP contribution >= 0.6 is 0 Å². The highest BCUT2D eigenvalue weighted by molar-refractivity contribution is 7.85. The molecule has 2 unspecified atom stereocenters. The van der Waals surface area contributed by atoms with Gasteiger partial charge in [0.1, 0.15) is 42.3 Å². The minimum absolute atomic E-state index is 0.0293. The predicted molar refractivity (Wildman–Crippen MR) is 237 cm³/mol. The molecule has 1 saturated heterocycles. The SMILES string of the molecule is CCN(CC)c1ccc2c(-c3ccccc3C(=O)N3CCCC3C(=O)NC(CS(=O)(=O)O)C(=O)NCCCCC(=O)On3c(O)ccc3O)c3ccc(=[N+](CC)CC)cc-3oc2c1. The third kappa shape index (κ3) is 10.6. The maximum Gasteiger partial charge on any atom is 0.333 e. The summed E-state index contributed by atoms with van der Waals surface area (Å²) in [5.74, 6) is -4.28. The van der Waals surface area contributed by atoms with Gasteiger partial charge in [-0.1, -0.05) is 18.2 Å². The van der Waals surface area contributed by atoms with Gasteiger partial charge in [0.05, 0.1) is 6.07 Å². The summed E-state index contributed by atoms with van der Waals surface area (Å²) in [4.78, 5) is 62.6. The topological polar surface area (TPSA) is 224 Å². The Morgan fingerprint density at radius 2 is 1.63 bits per heavy atom. The maximum absolute atomic E-state index is 14.7. The lowest BCUT2D eigenvalue weighted by atomic mass is 9.90. The number of amides is 3. The van der Waals surface area contributed by atoms with Crippen molar-refractivity contribution in [3.63, 3.8) is 0 Å². The van der Waals surface area contributed by atoms with Crippen molar-refractivity contribution in [1.29, 1.82) is 0 Å². The van der Waals surface area contributed by atoms with Gasteiger partial charge < -0.3 is 39.9 Å². The van der Waals surface area contributed by atoms with Crippen LogP contribution in [-0.2, 0) is 24.5 Å². The molecule has 63 heavy (non-hydrogen) atoms. The summed E-state index contributed by atoms with van der Waals surface area (Å²) in [6.45, 7) is 11.8. The summed E-state index contributed by atoms with van der Waals surface area (Å²) < 4.78 is 43.2. The molecule has 17 nitrogen and oxygen atoms in total. The average Bonchev–Trinajstić information content (AvgIpc) is 3.88. The van der Waals surface area contributed by atoms with E-state index in [9.17, 15) is 42.4 Å². The molecule has 1 fully saturated rings. The van der Waals surface area contributed by atoms with Gasteiger partial charge in [-0.05, 0) is 83.2 Å². The van der Waals surface area contributed by atoms with E-state index >= 15 is 0 Å². The predicted octanol–water partition coefficient (Wildman–Crippen LogP) is 3.99. The largest absolute Gasteiger partial charge is 0.492 e. The third-order valence-corrected chi connectivity index (χ3v) is 12.1. The van der Waals surface area contributed by atoms with Crippen LogP contribution in [-0.4, -0.2) is 114 Å². The van der Waals surface area contributed by atoms with E-state index in [0.29, 0.717) is 33.6 Å². The smallest absolute Gasteiger partial charge is 0.333 e. The summed E-state index contributed by atoms with van der Waals surface area (Å²) in [6, 6.07) is 18.8. The first kappa shape index (κ1) is 46.1. The molecule has 0 spiro atoms. The van der Waals surface area contributed by atoms with Crippen LogP contribution in [0.5, 0.6) is 11.8 Å². The zero-order chi connectivity index (χ0) is 45.4. The third-order valence-electron chi connectivity index (χ3n) is 11.3. The van der Waals surface area contributed by atoms with Gasteiger partial charge in [0.15, 0.2) is 0 Å². The van der Waals surface area contributed by atoms with Crippen LogP contribution in [0, 0.1) is 0 Å². The highest BCUT2D eigenvalue weighted by Crippen LogP contribution is 2.42. The second-order valence-electron chi connectivity index (χ2n) is 15.3. The van der Waals surface area contributed by atoms with E-state index in [-0.39, 0.29) is 38.8 Å². The number of carbonyl (C=O) groups excluding carboxylic acids is 4. The maximum atomic E-state index is 14.7. The number of fused-ring (bicyclic) bond motifs is 2. The number of hydrogen-bond acceptors (Lipinski definition) is 11. The zero-order valence-electron chi connectivity index (χ0n) is 35.9. The van der Waals surface area contributed by atoms with Crippen molar-refractivity contribution < 1.29 is 51.6 Å². The van der Waals surface area contributed by atoms with Crippen LogP contribution in [0.25, 0.3) is 33.4 Å². The number of nitrogens with one attached hydrogen (secondary N) is 2. The molecular formula is C45H55N6O11S+. The fourth-order valence-corrected chi connectivity index (χ4v) is 8.74. The van der Waals surface area contributed by atoms with Gasteiger partial charge in [-0.2, -0.15) is 8.42 Å². The van der Waals surface area contributed by atoms with E-state index < -0.39 is 63.4 Å². The van der Waals surface area contributed by atoms with Crippen molar-refractivity contribution in [1.82, 2.24) is 24.8 Å². The van der Waals surface area contributed by atoms with Gasteiger partial charge in [-0.15, -0.1) is 4.73 Å². The van der Waals surface area contributed by atoms with E-state index in [4.69, 9.17) is 9.25 Å². The van der Waals surface area contributed by atoms with Crippen molar-refractivity contribution in [2.75, 3.05) is 49.9 Å². The van der Waals surface area contributed by atoms with Gasteiger partial charge in [-0.25, -0.2) is 9.37 Å². The Morgan fingerprint density at radius 1 is 0.921 bits per heavy atom. The highest BCUT2D eigenvalue weighted by atomic mass is 32.2. The van der Waals surface area contributed by atoms with Gasteiger partial charge in [0.25, 0.3) is 16.0 Å². The zero-order valence-corrected chi connectivity index (χ0v) is 36.7. The van der Waals surface area contributed by atoms with Crippen LogP contribution in [0.15, 0.2) is 77.2 Å². The number of likely N-dealkylation sites (tertiary alicyclic amines) is 1. The summed E-state index contributed by atoms with van der Waals surface area (Å²) in [5.41, 5.74) is 4.18. The van der Waals surface area contributed by atoms with E-state index in [1.807, 2.05) is 48.5 Å². The second-order valence-corrected chi connectivity index (χ2v) is 16.7. The summed E-state index contributed by atoms with van der Waals surface area (Å²) in [5, 5.41) is 26.1. The molecule has 0 saturated carbocycles. The first-order valence-corrected chi connectivity index (χ1v) is 22.9. The molecule has 1 aromatic heterocycles. The number of carbonyl (C=O) groups is 4. The minimum atomic E-state index is -4.76. The molecule has 6 rings (SSSR count). The first-order chi connectivity index (χ1) is 30.2. The van der Waals surface area contributed by atoms with Crippen LogP contribution in [0.3, 0.4) is 0 Å². The van der Waals surface area contributed by atoms with Crippen LogP contribution < -0.4 is 30.3 Å². The molecule has 3 amide bonds. The van der Waals surface area contributed by atoms with Crippen LogP contribution in [0.2, 0.25) is 0 Å². The number of hydrogen-bond donors (Lipinski definition) is 5. The van der Waals surface area contributed by atoms with Crippen molar-refractivity contribution in [2.45, 2.75) is 71.9 Å². The molecule has 2 atom stereocenters. The Kier molecular flexibility index (Phi) is 14.8. The van der Waals surface area contributed by atoms with Crippen molar-refractivity contribution in [3.05, 3.63) is 83.7 Å². The molecular weight excluding hydrogens is 833 g/mol. The molecule has 2 aromatic carbocycles. The Bertz CT molecular complexity index is 2610. The van der Waals surface area contributed by atoms with Crippen LogP contribution in [0.1, 0.15) is 70.2 Å². The van der Waals surface area contributed by atoms with Gasteiger partial charge >= 0.3 is 5.97 Å². The van der Waals surface area contributed by atoms with Crippen molar-refractivity contribution in [2.24, 2.45) is 0 Å². The second kappa shape index (κ2) is 20.2. The fourth-order valence-electron chi connectivity index (χ4n) is 8.09. The lowest BCUT2D eigenvalue weighted by molar-refractivity contribution is -0.145. The molecule has 3 aromatic rings. The Labute approximate surface area is 365 Å². The normalized spacial score (nSPS) is 14.4. The number of anilines is 1. The fraction of sp³-hybridized carbons (Fsp3) is 0.400. The molecule has 336 valence electrons. The van der Waals surface area contributed by atoms with E-state index in [1.54, 1.807) is 12.1 Å². The van der Waals surface area contributed by atoms with E-state index in [0.717, 1.165) is 65.9 Å². The Balaban J connectivity index is 1.24. The lowest BCUT2D eigenvalue weighted by Crippen LogP contribution is -2.55. The summed E-state index contributed by atoms with van der Waals surface area (Å²) in [7, 11) is -4.76. The van der Waals surface area contributed by atoms with Gasteiger partial charge in [-0.3, -0.25) is 18.9 Å². The number of aromatic hydroxyl groups is 2. The Hall–Kier alpha value is -6.40. The molecule has 18 heteroatoms. The average molecular weight is 888 g/mol. The molecule has 5 N–H and O–H groups in total. The number of rotatable bonds is 18. The van der Waals surface area contributed by atoms with E-state index in [1.165, 1.54) is 4.90 Å². The van der Waals surface area contributed by atoms with Gasteiger partial charge in [0.2, 0.25) is 28.9 Å². The molecule has 0 bridgehead atoms. The summed E-state index contributed by atoms with van der Waals surface area (Å²) >= 11 is 0. The molecule has 3 heterocycles. The van der Waals surface area contributed by atoms with Gasteiger partial charge in [0, 0.05) is 84.6 Å². The summed E-state index contributed by atoms with van der Waals surface area (Å²) in [6.07, 6.45) is 0.998. The monoisotopic (exact) mass is 887 g/mol.